The van der Waals surface area contributed by atoms with E-state index in [1.54, 1.807) is 37.5 Å². The Morgan fingerprint density at radius 2 is 1.81 bits per heavy atom. The van der Waals surface area contributed by atoms with Gasteiger partial charge in [0.05, 0.1) is 23.5 Å². The minimum atomic E-state index is -3.28. The Morgan fingerprint density at radius 3 is 2.43 bits per heavy atom. The van der Waals surface area contributed by atoms with Crippen LogP contribution in [-0.2, 0) is 16.4 Å². The van der Waals surface area contributed by atoms with Crippen molar-refractivity contribution in [1.29, 1.82) is 0 Å². The topological polar surface area (TPSA) is 146 Å². The number of sulfone groups is 1. The van der Waals surface area contributed by atoms with E-state index in [9.17, 15) is 18.3 Å². The molecular weight excluding hydrogens is 516 g/mol. The van der Waals surface area contributed by atoms with Gasteiger partial charge in [-0.3, -0.25) is 5.32 Å². The molecule has 0 atom stereocenters. The number of nitrogens with zero attached hydrogens (tertiary/aromatic N) is 7. The molecule has 0 saturated carbocycles. The molecule has 1 aliphatic rings. The van der Waals surface area contributed by atoms with Gasteiger partial charge in [-0.15, -0.1) is 0 Å². The molecule has 4 aromatic rings. The fourth-order valence-electron chi connectivity index (χ4n) is 4.12. The van der Waals surface area contributed by atoms with Crippen molar-refractivity contribution < 1.29 is 18.3 Å². The van der Waals surface area contributed by atoms with E-state index < -0.39 is 15.8 Å². The summed E-state index contributed by atoms with van der Waals surface area (Å²) >= 11 is 1.03. The Hall–Kier alpha value is -3.62. The standard InChI is InChI=1S/C23H26N8O4S2/c1-14-18(21(32)33)36-23(25-14)28-22-26-19(30-10-8-29(2)9-11-30)17-20(27-22)31(13-24-17)12-15-4-6-16(7-5-15)37(3,34)35/h4-7,13H,8-12H2,1-3H3,(H,32,33)(H,25,26,27,28). The fraction of sp³-hybridized carbons (Fsp3) is 0.348. The summed E-state index contributed by atoms with van der Waals surface area (Å²) in [6, 6.07) is 6.73. The Balaban J connectivity index is 1.53. The minimum Gasteiger partial charge on any atom is -0.477 e. The first-order valence-corrected chi connectivity index (χ1v) is 14.2. The molecule has 1 fully saturated rings. The van der Waals surface area contributed by atoms with Crippen LogP contribution in [-0.4, -0.2) is 88.4 Å². The molecule has 4 heterocycles. The van der Waals surface area contributed by atoms with Crippen molar-refractivity contribution in [2.45, 2.75) is 18.4 Å². The first-order chi connectivity index (χ1) is 17.6. The van der Waals surface area contributed by atoms with Gasteiger partial charge >= 0.3 is 5.97 Å². The zero-order valence-corrected chi connectivity index (χ0v) is 22.2. The van der Waals surface area contributed by atoms with Crippen LogP contribution in [0, 0.1) is 6.92 Å². The summed E-state index contributed by atoms with van der Waals surface area (Å²) in [5, 5.41) is 12.9. The van der Waals surface area contributed by atoms with E-state index >= 15 is 0 Å². The molecule has 1 aliphatic heterocycles. The lowest BCUT2D eigenvalue weighted by Crippen LogP contribution is -2.45. The van der Waals surface area contributed by atoms with Crippen molar-refractivity contribution in [1.82, 2.24) is 29.4 Å². The van der Waals surface area contributed by atoms with Gasteiger partial charge in [-0.05, 0) is 31.7 Å². The monoisotopic (exact) mass is 542 g/mol. The van der Waals surface area contributed by atoms with E-state index in [1.807, 2.05) is 4.57 Å². The number of anilines is 3. The lowest BCUT2D eigenvalue weighted by Gasteiger charge is -2.33. The predicted octanol–water partition coefficient (Wildman–Crippen LogP) is 2.24. The number of imidazole rings is 1. The molecule has 0 aliphatic carbocycles. The lowest BCUT2D eigenvalue weighted by molar-refractivity contribution is 0.0701. The van der Waals surface area contributed by atoms with Crippen LogP contribution in [0.5, 0.6) is 0 Å². The number of fused-ring (bicyclic) bond motifs is 1. The highest BCUT2D eigenvalue weighted by atomic mass is 32.2. The number of carboxylic acid groups (broad SMARTS) is 1. The molecule has 0 radical (unpaired) electrons. The van der Waals surface area contributed by atoms with Gasteiger partial charge in [0.15, 0.2) is 32.0 Å². The summed E-state index contributed by atoms with van der Waals surface area (Å²) in [6.07, 6.45) is 2.88. The molecule has 0 amide bonds. The molecular formula is C23H26N8O4S2. The maximum atomic E-state index is 11.8. The van der Waals surface area contributed by atoms with Gasteiger partial charge in [0.2, 0.25) is 5.95 Å². The van der Waals surface area contributed by atoms with Crippen LogP contribution >= 0.6 is 11.3 Å². The number of aromatic nitrogens is 5. The summed E-state index contributed by atoms with van der Waals surface area (Å²) in [6.45, 7) is 5.40. The van der Waals surface area contributed by atoms with Crippen LogP contribution in [0.25, 0.3) is 11.2 Å². The summed E-state index contributed by atoms with van der Waals surface area (Å²) in [7, 11) is -1.20. The molecule has 37 heavy (non-hydrogen) atoms. The summed E-state index contributed by atoms with van der Waals surface area (Å²) in [5.74, 6) is -0.0442. The number of hydrogen-bond donors (Lipinski definition) is 2. The van der Waals surface area contributed by atoms with E-state index in [4.69, 9.17) is 9.97 Å². The van der Waals surface area contributed by atoms with Crippen LogP contribution < -0.4 is 10.2 Å². The second kappa shape index (κ2) is 9.68. The van der Waals surface area contributed by atoms with Crippen molar-refractivity contribution in [3.63, 3.8) is 0 Å². The molecule has 0 unspecified atom stereocenters. The number of likely N-dealkylation sites (N-methyl/N-ethyl adjacent to an activating group) is 1. The molecule has 0 bridgehead atoms. The minimum absolute atomic E-state index is 0.158. The molecule has 2 N–H and O–H groups in total. The van der Waals surface area contributed by atoms with Gasteiger partial charge in [-0.25, -0.2) is 23.2 Å². The molecule has 3 aromatic heterocycles. The zero-order chi connectivity index (χ0) is 26.3. The van der Waals surface area contributed by atoms with Crippen molar-refractivity contribution in [3.05, 3.63) is 46.7 Å². The number of rotatable bonds is 7. The molecule has 1 aromatic carbocycles. The predicted molar refractivity (Wildman–Crippen MR) is 141 cm³/mol. The Morgan fingerprint density at radius 1 is 1.11 bits per heavy atom. The van der Waals surface area contributed by atoms with E-state index in [0.717, 1.165) is 43.1 Å². The summed E-state index contributed by atoms with van der Waals surface area (Å²) in [4.78, 5) is 34.7. The number of carboxylic acids is 1. The molecule has 12 nitrogen and oxygen atoms in total. The number of piperazine rings is 1. The molecule has 0 spiro atoms. The third kappa shape index (κ3) is 5.26. The van der Waals surface area contributed by atoms with E-state index in [-0.39, 0.29) is 9.77 Å². The van der Waals surface area contributed by atoms with Crippen LogP contribution in [0.3, 0.4) is 0 Å². The number of carbonyl (C=O) groups is 1. The van der Waals surface area contributed by atoms with Crippen molar-refractivity contribution >= 4 is 55.2 Å². The second-order valence-electron chi connectivity index (χ2n) is 8.99. The maximum Gasteiger partial charge on any atom is 0.347 e. The largest absolute Gasteiger partial charge is 0.477 e. The Kier molecular flexibility index (Phi) is 6.56. The van der Waals surface area contributed by atoms with Crippen molar-refractivity contribution in [3.8, 4) is 0 Å². The number of benzene rings is 1. The zero-order valence-electron chi connectivity index (χ0n) is 20.5. The van der Waals surface area contributed by atoms with Gasteiger partial charge in [0.25, 0.3) is 0 Å². The maximum absolute atomic E-state index is 11.8. The van der Waals surface area contributed by atoms with Gasteiger partial charge in [0, 0.05) is 32.4 Å². The second-order valence-corrected chi connectivity index (χ2v) is 12.0. The average Bonchev–Trinajstić information content (AvgIpc) is 3.42. The van der Waals surface area contributed by atoms with Crippen LogP contribution in [0.4, 0.5) is 16.9 Å². The van der Waals surface area contributed by atoms with Crippen molar-refractivity contribution in [2.24, 2.45) is 0 Å². The summed E-state index contributed by atoms with van der Waals surface area (Å²) < 4.78 is 25.5. The van der Waals surface area contributed by atoms with Gasteiger partial charge in [0.1, 0.15) is 4.88 Å². The van der Waals surface area contributed by atoms with Gasteiger partial charge in [-0.2, -0.15) is 9.97 Å². The molecule has 194 valence electrons. The SMILES string of the molecule is Cc1nc(Nc2nc(N3CCN(C)CC3)c3ncn(Cc4ccc(S(C)(=O)=O)cc4)c3n2)sc1C(=O)O. The number of aromatic carboxylic acids is 1. The average molecular weight is 543 g/mol. The normalized spacial score (nSPS) is 14.8. The molecule has 1 saturated heterocycles. The highest BCUT2D eigenvalue weighted by molar-refractivity contribution is 7.90. The van der Waals surface area contributed by atoms with Crippen LogP contribution in [0.1, 0.15) is 20.9 Å². The highest BCUT2D eigenvalue weighted by Gasteiger charge is 2.23. The van der Waals surface area contributed by atoms with Crippen LogP contribution in [0.15, 0.2) is 35.5 Å². The smallest absolute Gasteiger partial charge is 0.347 e. The molecule has 14 heteroatoms. The number of thiazole rings is 1. The number of nitrogens with one attached hydrogen (secondary N) is 1. The van der Waals surface area contributed by atoms with E-state index in [2.05, 4.69) is 32.1 Å². The van der Waals surface area contributed by atoms with Crippen molar-refractivity contribution in [2.75, 3.05) is 49.7 Å². The van der Waals surface area contributed by atoms with E-state index in [1.165, 1.54) is 6.26 Å². The third-order valence-electron chi connectivity index (χ3n) is 6.16. The number of hydrogen-bond acceptors (Lipinski definition) is 11. The first-order valence-electron chi connectivity index (χ1n) is 11.5. The van der Waals surface area contributed by atoms with E-state index in [0.29, 0.717) is 40.3 Å². The first kappa shape index (κ1) is 25.0. The van der Waals surface area contributed by atoms with Gasteiger partial charge in [-0.1, -0.05) is 23.5 Å². The Bertz CT molecular complexity index is 1570. The summed E-state index contributed by atoms with van der Waals surface area (Å²) in [5.41, 5.74) is 2.57. The lowest BCUT2D eigenvalue weighted by atomic mass is 10.2. The number of aryl methyl sites for hydroxylation is 1. The third-order valence-corrected chi connectivity index (χ3v) is 8.35. The highest BCUT2D eigenvalue weighted by Crippen LogP contribution is 2.29. The quantitative estimate of drug-likeness (QED) is 0.354. The fourth-order valence-corrected chi connectivity index (χ4v) is 5.55. The van der Waals surface area contributed by atoms with Gasteiger partial charge < -0.3 is 19.5 Å². The molecule has 5 rings (SSSR count). The van der Waals surface area contributed by atoms with Crippen LogP contribution in [0.2, 0.25) is 0 Å². The Labute approximate surface area is 217 Å².